The molecule has 0 aliphatic heterocycles. The summed E-state index contributed by atoms with van der Waals surface area (Å²) in [5.41, 5.74) is 0. The summed E-state index contributed by atoms with van der Waals surface area (Å²) in [6.45, 7) is 2.67. The van der Waals surface area contributed by atoms with Crippen molar-refractivity contribution in [2.75, 3.05) is 13.1 Å². The summed E-state index contributed by atoms with van der Waals surface area (Å²) in [4.78, 5) is 23.8. The number of carboxylic acid groups (broad SMARTS) is 1. The number of aliphatic carboxylic acids is 1. The van der Waals surface area contributed by atoms with Gasteiger partial charge in [-0.3, -0.25) is 9.59 Å². The second-order valence-electron chi connectivity index (χ2n) is 3.53. The molecule has 17 heavy (non-hydrogen) atoms. The van der Waals surface area contributed by atoms with E-state index < -0.39 is 5.97 Å². The van der Waals surface area contributed by atoms with Gasteiger partial charge in [0.05, 0.1) is 12.8 Å². The SMILES string of the molecule is CCCN(CCC(=O)O)C(=O)Cc1nn[nH]n1. The Morgan fingerprint density at radius 3 is 2.71 bits per heavy atom. The maximum absolute atomic E-state index is 11.8. The molecule has 0 saturated carbocycles. The summed E-state index contributed by atoms with van der Waals surface area (Å²) in [6.07, 6.45) is 0.756. The standard InChI is InChI=1S/C9H15N5O3/c1-2-4-14(5-3-9(16)17)8(15)6-7-10-12-13-11-7/h2-6H2,1H3,(H,16,17)(H,10,11,12,13). The normalized spacial score (nSPS) is 10.2. The number of tetrazole rings is 1. The first kappa shape index (κ1) is 13.1. The first-order valence-corrected chi connectivity index (χ1v) is 5.35. The largest absolute Gasteiger partial charge is 0.481 e. The zero-order valence-electron chi connectivity index (χ0n) is 9.59. The van der Waals surface area contributed by atoms with Crippen molar-refractivity contribution in [3.63, 3.8) is 0 Å². The Bertz CT molecular complexity index is 365. The highest BCUT2D eigenvalue weighted by Crippen LogP contribution is 1.99. The van der Waals surface area contributed by atoms with Crippen LogP contribution in [0.25, 0.3) is 0 Å². The van der Waals surface area contributed by atoms with Crippen LogP contribution in [-0.4, -0.2) is 55.6 Å². The molecule has 0 radical (unpaired) electrons. The van der Waals surface area contributed by atoms with Crippen LogP contribution in [0.2, 0.25) is 0 Å². The second-order valence-corrected chi connectivity index (χ2v) is 3.53. The van der Waals surface area contributed by atoms with Crippen LogP contribution in [0.4, 0.5) is 0 Å². The van der Waals surface area contributed by atoms with Gasteiger partial charge in [-0.25, -0.2) is 0 Å². The molecule has 8 nitrogen and oxygen atoms in total. The van der Waals surface area contributed by atoms with Gasteiger partial charge in [0.25, 0.3) is 0 Å². The van der Waals surface area contributed by atoms with Gasteiger partial charge in [-0.15, -0.1) is 10.2 Å². The number of hydrogen-bond acceptors (Lipinski definition) is 5. The molecule has 8 heteroatoms. The summed E-state index contributed by atoms with van der Waals surface area (Å²) >= 11 is 0. The molecule has 0 bridgehead atoms. The zero-order chi connectivity index (χ0) is 12.7. The van der Waals surface area contributed by atoms with Gasteiger partial charge in [0, 0.05) is 13.1 Å². The molecule has 0 aromatic carbocycles. The molecular weight excluding hydrogens is 226 g/mol. The molecule has 0 fully saturated rings. The van der Waals surface area contributed by atoms with Crippen LogP contribution in [0.3, 0.4) is 0 Å². The molecule has 0 aliphatic rings. The zero-order valence-corrected chi connectivity index (χ0v) is 9.59. The first-order valence-electron chi connectivity index (χ1n) is 5.35. The van der Waals surface area contributed by atoms with E-state index in [1.807, 2.05) is 6.92 Å². The Balaban J connectivity index is 2.50. The Kier molecular flexibility index (Phi) is 5.05. The van der Waals surface area contributed by atoms with Gasteiger partial charge in [-0.05, 0) is 6.42 Å². The number of hydrogen-bond donors (Lipinski definition) is 2. The maximum Gasteiger partial charge on any atom is 0.305 e. The van der Waals surface area contributed by atoms with Gasteiger partial charge < -0.3 is 10.0 Å². The maximum atomic E-state index is 11.8. The van der Waals surface area contributed by atoms with Crippen molar-refractivity contribution in [2.45, 2.75) is 26.2 Å². The van der Waals surface area contributed by atoms with Crippen LogP contribution in [0.5, 0.6) is 0 Å². The Morgan fingerprint density at radius 1 is 1.41 bits per heavy atom. The van der Waals surface area contributed by atoms with Crippen molar-refractivity contribution < 1.29 is 14.7 Å². The topological polar surface area (TPSA) is 112 Å². The third-order valence-corrected chi connectivity index (χ3v) is 2.14. The lowest BCUT2D eigenvalue weighted by Gasteiger charge is -2.20. The average molecular weight is 241 g/mol. The number of nitrogens with zero attached hydrogens (tertiary/aromatic N) is 4. The summed E-state index contributed by atoms with van der Waals surface area (Å²) < 4.78 is 0. The van der Waals surface area contributed by atoms with Crippen LogP contribution in [0, 0.1) is 0 Å². The van der Waals surface area contributed by atoms with Crippen molar-refractivity contribution in [3.05, 3.63) is 5.82 Å². The quantitative estimate of drug-likeness (QED) is 0.662. The summed E-state index contributed by atoms with van der Waals surface area (Å²) in [7, 11) is 0. The number of amides is 1. The lowest BCUT2D eigenvalue weighted by atomic mass is 10.3. The fraction of sp³-hybridized carbons (Fsp3) is 0.667. The van der Waals surface area contributed by atoms with Gasteiger partial charge in [-0.2, -0.15) is 5.21 Å². The van der Waals surface area contributed by atoms with E-state index >= 15 is 0 Å². The van der Waals surface area contributed by atoms with Crippen LogP contribution in [0.15, 0.2) is 0 Å². The first-order chi connectivity index (χ1) is 8.13. The molecule has 0 spiro atoms. The monoisotopic (exact) mass is 241 g/mol. The Labute approximate surface area is 98.0 Å². The Hall–Kier alpha value is -1.99. The minimum absolute atomic E-state index is 0.0378. The number of carboxylic acids is 1. The van der Waals surface area contributed by atoms with Gasteiger partial charge in [0.15, 0.2) is 5.82 Å². The van der Waals surface area contributed by atoms with Crippen molar-refractivity contribution in [1.29, 1.82) is 0 Å². The van der Waals surface area contributed by atoms with Crippen molar-refractivity contribution in [1.82, 2.24) is 25.5 Å². The third-order valence-electron chi connectivity index (χ3n) is 2.14. The predicted octanol–water partition coefficient (Wildman–Crippen LogP) is -0.544. The summed E-state index contributed by atoms with van der Waals surface area (Å²) in [5, 5.41) is 21.6. The Morgan fingerprint density at radius 2 is 2.18 bits per heavy atom. The van der Waals surface area contributed by atoms with Gasteiger partial charge in [0.1, 0.15) is 0 Å². The molecule has 2 N–H and O–H groups in total. The van der Waals surface area contributed by atoms with E-state index in [0.717, 1.165) is 6.42 Å². The van der Waals surface area contributed by atoms with Gasteiger partial charge in [0.2, 0.25) is 5.91 Å². The molecule has 0 aliphatic carbocycles. The van der Waals surface area contributed by atoms with E-state index in [0.29, 0.717) is 12.4 Å². The molecule has 1 aromatic heterocycles. The van der Waals surface area contributed by atoms with Gasteiger partial charge >= 0.3 is 5.97 Å². The van der Waals surface area contributed by atoms with Crippen LogP contribution >= 0.6 is 0 Å². The van der Waals surface area contributed by atoms with E-state index in [2.05, 4.69) is 20.6 Å². The molecule has 0 saturated heterocycles. The summed E-state index contributed by atoms with van der Waals surface area (Å²) in [5.74, 6) is -0.792. The van der Waals surface area contributed by atoms with Crippen LogP contribution < -0.4 is 0 Å². The highest BCUT2D eigenvalue weighted by Gasteiger charge is 2.16. The fourth-order valence-corrected chi connectivity index (χ4v) is 1.37. The number of H-pyrrole nitrogens is 1. The van der Waals surface area contributed by atoms with E-state index in [1.165, 1.54) is 4.90 Å². The lowest BCUT2D eigenvalue weighted by molar-refractivity contribution is -0.138. The van der Waals surface area contributed by atoms with Gasteiger partial charge in [-0.1, -0.05) is 12.1 Å². The summed E-state index contributed by atoms with van der Waals surface area (Å²) in [6, 6.07) is 0. The minimum atomic E-state index is -0.918. The highest BCUT2D eigenvalue weighted by atomic mass is 16.4. The molecule has 1 rings (SSSR count). The van der Waals surface area contributed by atoms with Crippen LogP contribution in [-0.2, 0) is 16.0 Å². The number of rotatable bonds is 7. The predicted molar refractivity (Wildman–Crippen MR) is 57.0 cm³/mol. The molecule has 1 aromatic rings. The highest BCUT2D eigenvalue weighted by molar-refractivity contribution is 5.78. The van der Waals surface area contributed by atoms with Crippen LogP contribution in [0.1, 0.15) is 25.6 Å². The third kappa shape index (κ3) is 4.58. The molecule has 94 valence electrons. The molecular formula is C9H15N5O3. The lowest BCUT2D eigenvalue weighted by Crippen LogP contribution is -2.35. The van der Waals surface area contributed by atoms with Crippen molar-refractivity contribution >= 4 is 11.9 Å². The molecule has 1 heterocycles. The smallest absolute Gasteiger partial charge is 0.305 e. The van der Waals surface area contributed by atoms with E-state index in [9.17, 15) is 9.59 Å². The van der Waals surface area contributed by atoms with E-state index in [4.69, 9.17) is 5.11 Å². The number of nitrogens with one attached hydrogen (secondary N) is 1. The molecule has 0 unspecified atom stereocenters. The van der Waals surface area contributed by atoms with Crippen molar-refractivity contribution in [3.8, 4) is 0 Å². The number of aromatic nitrogens is 4. The number of carbonyl (C=O) groups excluding carboxylic acids is 1. The minimum Gasteiger partial charge on any atom is -0.481 e. The van der Waals surface area contributed by atoms with E-state index in [1.54, 1.807) is 0 Å². The molecule has 0 atom stereocenters. The van der Waals surface area contributed by atoms with E-state index in [-0.39, 0.29) is 25.3 Å². The van der Waals surface area contributed by atoms with Crippen molar-refractivity contribution in [2.24, 2.45) is 0 Å². The average Bonchev–Trinajstić information content (AvgIpc) is 2.76. The number of aromatic amines is 1. The molecule has 1 amide bonds. The number of carbonyl (C=O) groups is 2. The second kappa shape index (κ2) is 6.56. The fourth-order valence-electron chi connectivity index (χ4n) is 1.37.